The third-order valence-corrected chi connectivity index (χ3v) is 3.33. The van der Waals surface area contributed by atoms with E-state index in [-0.39, 0.29) is 18.4 Å². The predicted octanol–water partition coefficient (Wildman–Crippen LogP) is 0.429. The highest BCUT2D eigenvalue weighted by atomic mass is 16.6. The second-order valence-electron chi connectivity index (χ2n) is 4.85. The van der Waals surface area contributed by atoms with E-state index >= 15 is 0 Å². The van der Waals surface area contributed by atoms with Crippen LogP contribution < -0.4 is 14.8 Å². The van der Waals surface area contributed by atoms with E-state index in [9.17, 15) is 9.59 Å². The van der Waals surface area contributed by atoms with E-state index in [1.54, 1.807) is 6.08 Å². The standard InChI is InChI=1S/C15H16N2O4/c18-14-10-17(6-5-16-14)15(19)4-2-11-1-3-12-13(9-11)21-8-7-20-12/h1-4,9H,5-8,10H2,(H,16,18)/b4-2+. The van der Waals surface area contributed by atoms with E-state index in [2.05, 4.69) is 5.32 Å². The van der Waals surface area contributed by atoms with Crippen molar-refractivity contribution in [3.63, 3.8) is 0 Å². The Morgan fingerprint density at radius 3 is 2.86 bits per heavy atom. The van der Waals surface area contributed by atoms with Gasteiger partial charge in [-0.2, -0.15) is 0 Å². The molecular weight excluding hydrogens is 272 g/mol. The van der Waals surface area contributed by atoms with Crippen LogP contribution in [-0.4, -0.2) is 49.6 Å². The first-order valence-corrected chi connectivity index (χ1v) is 6.86. The second-order valence-corrected chi connectivity index (χ2v) is 4.85. The molecule has 6 heteroatoms. The van der Waals surface area contributed by atoms with E-state index in [1.807, 2.05) is 18.2 Å². The maximum atomic E-state index is 12.0. The number of benzene rings is 1. The first kappa shape index (κ1) is 13.5. The number of carbonyl (C=O) groups is 2. The Morgan fingerprint density at radius 2 is 2.05 bits per heavy atom. The van der Waals surface area contributed by atoms with Crippen molar-refractivity contribution in [2.24, 2.45) is 0 Å². The number of fused-ring (bicyclic) bond motifs is 1. The van der Waals surface area contributed by atoms with Crippen molar-refractivity contribution < 1.29 is 19.1 Å². The minimum Gasteiger partial charge on any atom is -0.486 e. The molecule has 1 fully saturated rings. The molecule has 0 aromatic heterocycles. The van der Waals surface area contributed by atoms with Crippen molar-refractivity contribution in [2.75, 3.05) is 32.8 Å². The molecule has 0 spiro atoms. The minimum atomic E-state index is -0.167. The fourth-order valence-corrected chi connectivity index (χ4v) is 2.26. The van der Waals surface area contributed by atoms with Gasteiger partial charge in [-0.1, -0.05) is 6.07 Å². The number of hydrogen-bond donors (Lipinski definition) is 1. The van der Waals surface area contributed by atoms with E-state index < -0.39 is 0 Å². The van der Waals surface area contributed by atoms with Crippen LogP contribution in [0.2, 0.25) is 0 Å². The molecule has 2 aliphatic heterocycles. The van der Waals surface area contributed by atoms with Gasteiger partial charge < -0.3 is 19.7 Å². The van der Waals surface area contributed by atoms with Gasteiger partial charge in [-0.3, -0.25) is 9.59 Å². The summed E-state index contributed by atoms with van der Waals surface area (Å²) in [6.45, 7) is 2.24. The van der Waals surface area contributed by atoms with Crippen molar-refractivity contribution in [2.45, 2.75) is 0 Å². The molecular formula is C15H16N2O4. The van der Waals surface area contributed by atoms with Crippen molar-refractivity contribution in [1.82, 2.24) is 10.2 Å². The molecule has 1 aromatic rings. The molecule has 1 saturated heterocycles. The quantitative estimate of drug-likeness (QED) is 0.801. The van der Waals surface area contributed by atoms with Crippen LogP contribution in [0.3, 0.4) is 0 Å². The van der Waals surface area contributed by atoms with Gasteiger partial charge in [0.25, 0.3) is 0 Å². The van der Waals surface area contributed by atoms with Gasteiger partial charge in [0.2, 0.25) is 11.8 Å². The van der Waals surface area contributed by atoms with Gasteiger partial charge in [-0.25, -0.2) is 0 Å². The number of ether oxygens (including phenoxy) is 2. The first-order chi connectivity index (χ1) is 10.2. The summed E-state index contributed by atoms with van der Waals surface area (Å²) in [5.41, 5.74) is 0.856. The van der Waals surface area contributed by atoms with Crippen LogP contribution in [0.15, 0.2) is 24.3 Å². The maximum Gasteiger partial charge on any atom is 0.247 e. The average Bonchev–Trinajstić information content (AvgIpc) is 2.52. The number of carbonyl (C=O) groups excluding carboxylic acids is 2. The number of nitrogens with one attached hydrogen (secondary N) is 1. The first-order valence-electron chi connectivity index (χ1n) is 6.86. The van der Waals surface area contributed by atoms with E-state index in [1.165, 1.54) is 11.0 Å². The Kier molecular flexibility index (Phi) is 3.77. The lowest BCUT2D eigenvalue weighted by Crippen LogP contribution is -2.49. The van der Waals surface area contributed by atoms with Gasteiger partial charge in [0.15, 0.2) is 11.5 Å². The highest BCUT2D eigenvalue weighted by molar-refractivity contribution is 5.95. The van der Waals surface area contributed by atoms with Gasteiger partial charge in [0.1, 0.15) is 13.2 Å². The van der Waals surface area contributed by atoms with Gasteiger partial charge in [0.05, 0.1) is 6.54 Å². The van der Waals surface area contributed by atoms with Crippen molar-refractivity contribution >= 4 is 17.9 Å². The lowest BCUT2D eigenvalue weighted by Gasteiger charge is -2.25. The molecule has 0 atom stereocenters. The highest BCUT2D eigenvalue weighted by Gasteiger charge is 2.19. The van der Waals surface area contributed by atoms with E-state index in [0.717, 1.165) is 11.3 Å². The predicted molar refractivity (Wildman–Crippen MR) is 76.1 cm³/mol. The zero-order valence-electron chi connectivity index (χ0n) is 11.5. The van der Waals surface area contributed by atoms with Crippen LogP contribution in [0.1, 0.15) is 5.56 Å². The van der Waals surface area contributed by atoms with Crippen molar-refractivity contribution in [1.29, 1.82) is 0 Å². The number of nitrogens with zero attached hydrogens (tertiary/aromatic N) is 1. The average molecular weight is 288 g/mol. The maximum absolute atomic E-state index is 12.0. The number of piperazine rings is 1. The summed E-state index contributed by atoms with van der Waals surface area (Å²) >= 11 is 0. The molecule has 0 saturated carbocycles. The Labute approximate surface area is 122 Å². The smallest absolute Gasteiger partial charge is 0.247 e. The normalized spacial score (nSPS) is 17.7. The van der Waals surface area contributed by atoms with Gasteiger partial charge in [-0.05, 0) is 23.8 Å². The Hall–Kier alpha value is -2.50. The lowest BCUT2D eigenvalue weighted by molar-refractivity contribution is -0.134. The SMILES string of the molecule is O=C1CN(C(=O)/C=C/c2ccc3c(c2)OCCO3)CCN1. The summed E-state index contributed by atoms with van der Waals surface area (Å²) in [4.78, 5) is 24.8. The summed E-state index contributed by atoms with van der Waals surface area (Å²) in [6, 6.07) is 5.52. The molecule has 0 bridgehead atoms. The zero-order valence-corrected chi connectivity index (χ0v) is 11.5. The molecule has 2 amide bonds. The Morgan fingerprint density at radius 1 is 1.24 bits per heavy atom. The van der Waals surface area contributed by atoms with Crippen molar-refractivity contribution in [3.05, 3.63) is 29.8 Å². The third-order valence-electron chi connectivity index (χ3n) is 3.33. The largest absolute Gasteiger partial charge is 0.486 e. The summed E-state index contributed by atoms with van der Waals surface area (Å²) in [5.74, 6) is 1.12. The van der Waals surface area contributed by atoms with Crippen molar-refractivity contribution in [3.8, 4) is 11.5 Å². The minimum absolute atomic E-state index is 0.115. The molecule has 2 aliphatic rings. The lowest BCUT2D eigenvalue weighted by atomic mass is 10.1. The van der Waals surface area contributed by atoms with Crippen LogP contribution >= 0.6 is 0 Å². The van der Waals surface area contributed by atoms with Crippen LogP contribution in [0.4, 0.5) is 0 Å². The fourth-order valence-electron chi connectivity index (χ4n) is 2.26. The molecule has 6 nitrogen and oxygen atoms in total. The topological polar surface area (TPSA) is 67.9 Å². The summed E-state index contributed by atoms with van der Waals surface area (Å²) in [6.07, 6.45) is 3.19. The fraction of sp³-hybridized carbons (Fsp3) is 0.333. The van der Waals surface area contributed by atoms with Crippen LogP contribution in [-0.2, 0) is 9.59 Å². The molecule has 0 radical (unpaired) electrons. The molecule has 1 aromatic carbocycles. The van der Waals surface area contributed by atoms with Gasteiger partial charge >= 0.3 is 0 Å². The molecule has 1 N–H and O–H groups in total. The van der Waals surface area contributed by atoms with Crippen LogP contribution in [0.5, 0.6) is 11.5 Å². The van der Waals surface area contributed by atoms with E-state index in [0.29, 0.717) is 32.1 Å². The molecule has 2 heterocycles. The van der Waals surface area contributed by atoms with Crippen LogP contribution in [0, 0.1) is 0 Å². The number of hydrogen-bond acceptors (Lipinski definition) is 4. The third kappa shape index (κ3) is 3.16. The molecule has 0 unspecified atom stereocenters. The molecule has 3 rings (SSSR count). The van der Waals surface area contributed by atoms with Crippen LogP contribution in [0.25, 0.3) is 6.08 Å². The molecule has 110 valence electrons. The Balaban J connectivity index is 1.68. The number of rotatable bonds is 2. The molecule has 21 heavy (non-hydrogen) atoms. The van der Waals surface area contributed by atoms with Gasteiger partial charge in [-0.15, -0.1) is 0 Å². The summed E-state index contributed by atoms with van der Waals surface area (Å²) in [7, 11) is 0. The zero-order chi connectivity index (χ0) is 14.7. The monoisotopic (exact) mass is 288 g/mol. The van der Waals surface area contributed by atoms with E-state index in [4.69, 9.17) is 9.47 Å². The summed E-state index contributed by atoms with van der Waals surface area (Å²) < 4.78 is 10.9. The number of amides is 2. The Bertz CT molecular complexity index is 597. The second kappa shape index (κ2) is 5.87. The highest BCUT2D eigenvalue weighted by Crippen LogP contribution is 2.31. The molecule has 0 aliphatic carbocycles. The summed E-state index contributed by atoms with van der Waals surface area (Å²) in [5, 5.41) is 2.69. The van der Waals surface area contributed by atoms with Gasteiger partial charge in [0, 0.05) is 19.2 Å².